The van der Waals surface area contributed by atoms with Crippen LogP contribution in [0.4, 0.5) is 0 Å². The van der Waals surface area contributed by atoms with Crippen molar-refractivity contribution in [2.75, 3.05) is 0 Å². The summed E-state index contributed by atoms with van der Waals surface area (Å²) in [5, 5.41) is 17.3. The minimum absolute atomic E-state index is 0.322. The number of phenols is 2. The van der Waals surface area contributed by atoms with Crippen LogP contribution in [0, 0.1) is 0 Å². The molecule has 0 saturated heterocycles. The number of para-hydroxylation sites is 2. The first-order chi connectivity index (χ1) is 8.20. The molecule has 0 fully saturated rings. The monoisotopic (exact) mass is 252 g/mol. The van der Waals surface area contributed by atoms with Gasteiger partial charge in [0.15, 0.2) is 0 Å². The Morgan fingerprint density at radius 2 is 0.882 bits per heavy atom. The number of aromatic hydroxyl groups is 2. The molecule has 0 amide bonds. The summed E-state index contributed by atoms with van der Waals surface area (Å²) in [6.45, 7) is 0. The Balaban J connectivity index is 0.000000247. The van der Waals surface area contributed by atoms with E-state index < -0.39 is 11.6 Å². The van der Waals surface area contributed by atoms with E-state index >= 15 is 0 Å². The van der Waals surface area contributed by atoms with Crippen LogP contribution in [-0.4, -0.2) is 18.6 Å². The third-order valence-electron chi connectivity index (χ3n) is 1.51. The third-order valence-corrected chi connectivity index (χ3v) is 1.51. The van der Waals surface area contributed by atoms with E-state index in [4.69, 9.17) is 18.6 Å². The van der Waals surface area contributed by atoms with Gasteiger partial charge in [0.25, 0.3) is 0 Å². The standard InChI is InChI=1S/2C6H6O.O2S/c2*7-6-4-2-1-3-5-6;1-3-2/h2*1-5,7H;. The quantitative estimate of drug-likeness (QED) is 0.753. The molecule has 0 bridgehead atoms. The highest BCUT2D eigenvalue weighted by atomic mass is 32.1. The third kappa shape index (κ3) is 10.1. The molecule has 0 unspecified atom stereocenters. The molecule has 5 heteroatoms. The van der Waals surface area contributed by atoms with Gasteiger partial charge in [-0.3, -0.25) is 0 Å². The number of phenolic OH excluding ortho intramolecular Hbond substituents is 2. The fourth-order valence-electron chi connectivity index (χ4n) is 0.856. The molecule has 0 radical (unpaired) electrons. The molecular formula is C12H12O4S. The van der Waals surface area contributed by atoms with Crippen LogP contribution >= 0.6 is 0 Å². The van der Waals surface area contributed by atoms with E-state index in [1.165, 1.54) is 0 Å². The second-order valence-electron chi connectivity index (χ2n) is 2.74. The Hall–Kier alpha value is -2.14. The van der Waals surface area contributed by atoms with Crippen LogP contribution in [0.5, 0.6) is 11.5 Å². The van der Waals surface area contributed by atoms with Crippen molar-refractivity contribution in [3.8, 4) is 11.5 Å². The Bertz CT molecular complexity index is 387. The van der Waals surface area contributed by atoms with Crippen LogP contribution in [0.15, 0.2) is 60.7 Å². The van der Waals surface area contributed by atoms with Crippen LogP contribution in [-0.2, 0) is 11.6 Å². The minimum Gasteiger partial charge on any atom is -0.508 e. The first-order valence-electron chi connectivity index (χ1n) is 4.60. The molecule has 0 spiro atoms. The normalized spacial score (nSPS) is 7.76. The molecule has 0 aliphatic rings. The van der Waals surface area contributed by atoms with Crippen LogP contribution < -0.4 is 0 Å². The highest BCUT2D eigenvalue weighted by molar-refractivity contribution is 7.51. The number of hydrogen-bond donors (Lipinski definition) is 2. The van der Waals surface area contributed by atoms with Gasteiger partial charge in [0.1, 0.15) is 11.5 Å². The summed E-state index contributed by atoms with van der Waals surface area (Å²) >= 11 is -0.750. The zero-order chi connectivity index (χ0) is 12.9. The fraction of sp³-hybridized carbons (Fsp3) is 0. The van der Waals surface area contributed by atoms with Gasteiger partial charge in [-0.1, -0.05) is 36.4 Å². The lowest BCUT2D eigenvalue weighted by Crippen LogP contribution is -1.56. The van der Waals surface area contributed by atoms with Crippen molar-refractivity contribution in [1.29, 1.82) is 0 Å². The van der Waals surface area contributed by atoms with Crippen molar-refractivity contribution in [1.82, 2.24) is 0 Å². The van der Waals surface area contributed by atoms with Gasteiger partial charge in [0.2, 0.25) is 0 Å². The summed E-state index contributed by atoms with van der Waals surface area (Å²) < 4.78 is 16.6. The van der Waals surface area contributed by atoms with Gasteiger partial charge in [-0.15, -0.1) is 0 Å². The molecule has 2 N–H and O–H groups in total. The first kappa shape index (κ1) is 14.9. The fourth-order valence-corrected chi connectivity index (χ4v) is 0.856. The van der Waals surface area contributed by atoms with Gasteiger partial charge < -0.3 is 10.2 Å². The highest BCUT2D eigenvalue weighted by Gasteiger charge is 1.75. The lowest BCUT2D eigenvalue weighted by Gasteiger charge is -1.82. The molecule has 4 nitrogen and oxygen atoms in total. The Morgan fingerprint density at radius 1 is 0.647 bits per heavy atom. The number of hydrogen-bond acceptors (Lipinski definition) is 4. The molecule has 0 aliphatic carbocycles. The highest BCUT2D eigenvalue weighted by Crippen LogP contribution is 2.03. The molecule has 0 saturated carbocycles. The average molecular weight is 252 g/mol. The van der Waals surface area contributed by atoms with E-state index in [0.29, 0.717) is 11.5 Å². The van der Waals surface area contributed by atoms with Crippen LogP contribution in [0.1, 0.15) is 0 Å². The van der Waals surface area contributed by atoms with Gasteiger partial charge in [0.05, 0.1) is 0 Å². The average Bonchev–Trinajstić information content (AvgIpc) is 2.33. The second kappa shape index (κ2) is 10.4. The summed E-state index contributed by atoms with van der Waals surface area (Å²) in [5.74, 6) is 0.644. The SMILES string of the molecule is O=S=O.Oc1ccccc1.Oc1ccccc1. The molecule has 0 atom stereocenters. The van der Waals surface area contributed by atoms with E-state index in [9.17, 15) is 0 Å². The van der Waals surface area contributed by atoms with Crippen molar-refractivity contribution >= 4 is 11.6 Å². The zero-order valence-electron chi connectivity index (χ0n) is 8.89. The van der Waals surface area contributed by atoms with Gasteiger partial charge in [-0.25, -0.2) is 0 Å². The maximum atomic E-state index is 8.63. The van der Waals surface area contributed by atoms with Gasteiger partial charge >= 0.3 is 11.6 Å². The van der Waals surface area contributed by atoms with Gasteiger partial charge in [0, 0.05) is 0 Å². The summed E-state index contributed by atoms with van der Waals surface area (Å²) in [4.78, 5) is 0. The Kier molecular flexibility index (Phi) is 9.07. The Morgan fingerprint density at radius 3 is 1.00 bits per heavy atom. The summed E-state index contributed by atoms with van der Waals surface area (Å²) in [6, 6.07) is 17.4. The molecule has 0 heterocycles. The maximum absolute atomic E-state index is 8.63. The van der Waals surface area contributed by atoms with Gasteiger partial charge in [-0.05, 0) is 24.3 Å². The molecule has 2 aromatic rings. The van der Waals surface area contributed by atoms with Crippen LogP contribution in [0.2, 0.25) is 0 Å². The van der Waals surface area contributed by atoms with Crippen molar-refractivity contribution < 1.29 is 18.6 Å². The molecule has 17 heavy (non-hydrogen) atoms. The smallest absolute Gasteiger partial charge is 0.335 e. The largest absolute Gasteiger partial charge is 0.508 e. The van der Waals surface area contributed by atoms with Crippen LogP contribution in [0.25, 0.3) is 0 Å². The Labute approximate surface area is 103 Å². The topological polar surface area (TPSA) is 74.6 Å². The van der Waals surface area contributed by atoms with Crippen molar-refractivity contribution in [2.45, 2.75) is 0 Å². The van der Waals surface area contributed by atoms with Crippen molar-refractivity contribution in [3.63, 3.8) is 0 Å². The molecule has 90 valence electrons. The number of benzene rings is 2. The summed E-state index contributed by atoms with van der Waals surface area (Å²) in [6.07, 6.45) is 0. The van der Waals surface area contributed by atoms with E-state index in [1.807, 2.05) is 12.1 Å². The minimum atomic E-state index is -0.750. The lowest BCUT2D eigenvalue weighted by atomic mass is 10.3. The molecule has 0 aliphatic heterocycles. The van der Waals surface area contributed by atoms with Gasteiger partial charge in [-0.2, -0.15) is 8.42 Å². The molecule has 0 aromatic heterocycles. The molecular weight excluding hydrogens is 240 g/mol. The predicted octanol–water partition coefficient (Wildman–Crippen LogP) is 2.11. The summed E-state index contributed by atoms with van der Waals surface area (Å²) in [7, 11) is 0. The summed E-state index contributed by atoms with van der Waals surface area (Å²) in [5.41, 5.74) is 0. The zero-order valence-corrected chi connectivity index (χ0v) is 9.71. The molecule has 2 aromatic carbocycles. The molecule has 2 rings (SSSR count). The van der Waals surface area contributed by atoms with E-state index in [2.05, 4.69) is 0 Å². The van der Waals surface area contributed by atoms with E-state index in [0.717, 1.165) is 0 Å². The second-order valence-corrected chi connectivity index (χ2v) is 2.88. The lowest BCUT2D eigenvalue weighted by molar-refractivity contribution is 0.475. The predicted molar refractivity (Wildman–Crippen MR) is 65.1 cm³/mol. The van der Waals surface area contributed by atoms with Crippen molar-refractivity contribution in [3.05, 3.63) is 60.7 Å². The van der Waals surface area contributed by atoms with E-state index in [1.54, 1.807) is 48.5 Å². The maximum Gasteiger partial charge on any atom is 0.335 e. The van der Waals surface area contributed by atoms with E-state index in [-0.39, 0.29) is 0 Å². The first-order valence-corrected chi connectivity index (χ1v) is 5.27. The van der Waals surface area contributed by atoms with Crippen LogP contribution in [0.3, 0.4) is 0 Å². The van der Waals surface area contributed by atoms with Crippen molar-refractivity contribution in [2.24, 2.45) is 0 Å². The number of rotatable bonds is 0.